The molecule has 4 rings (SSSR count). The van der Waals surface area contributed by atoms with Crippen molar-refractivity contribution in [2.75, 3.05) is 44.7 Å². The van der Waals surface area contributed by atoms with E-state index in [1.54, 1.807) is 6.20 Å². The highest BCUT2D eigenvalue weighted by Gasteiger charge is 2.23. The number of carbonyl (C=O) groups excluding carboxylic acids is 1. The first-order valence-corrected chi connectivity index (χ1v) is 12.4. The second-order valence-electron chi connectivity index (χ2n) is 8.55. The van der Waals surface area contributed by atoms with Crippen LogP contribution in [0.15, 0.2) is 41.7 Å². The van der Waals surface area contributed by atoms with Crippen LogP contribution >= 0.6 is 11.3 Å². The summed E-state index contributed by atoms with van der Waals surface area (Å²) in [6, 6.07) is 7.76. The molecule has 0 aliphatic carbocycles. The van der Waals surface area contributed by atoms with Crippen molar-refractivity contribution in [3.63, 3.8) is 0 Å². The van der Waals surface area contributed by atoms with Crippen LogP contribution in [0.2, 0.25) is 0 Å². The quantitative estimate of drug-likeness (QED) is 0.255. The number of amidine groups is 1. The van der Waals surface area contributed by atoms with Crippen molar-refractivity contribution in [1.82, 2.24) is 20.2 Å². The van der Waals surface area contributed by atoms with Gasteiger partial charge < -0.3 is 25.8 Å². The van der Waals surface area contributed by atoms with E-state index in [1.807, 2.05) is 24.4 Å². The average molecular weight is 468 g/mol. The summed E-state index contributed by atoms with van der Waals surface area (Å²) >= 11 is 1.43. The van der Waals surface area contributed by atoms with Gasteiger partial charge in [0.2, 0.25) is 0 Å². The fourth-order valence-corrected chi connectivity index (χ4v) is 4.84. The van der Waals surface area contributed by atoms with Crippen molar-refractivity contribution in [2.24, 2.45) is 10.7 Å². The molecule has 33 heavy (non-hydrogen) atoms. The van der Waals surface area contributed by atoms with Crippen LogP contribution in [0.25, 0.3) is 10.9 Å². The minimum atomic E-state index is -0.386. The lowest BCUT2D eigenvalue weighted by Gasteiger charge is -2.32. The summed E-state index contributed by atoms with van der Waals surface area (Å²) in [4.78, 5) is 30.6. The average Bonchev–Trinajstić information content (AvgIpc) is 3.47. The van der Waals surface area contributed by atoms with Crippen LogP contribution in [0.5, 0.6) is 0 Å². The van der Waals surface area contributed by atoms with Crippen LogP contribution in [0.1, 0.15) is 35.0 Å². The second kappa shape index (κ2) is 10.8. The summed E-state index contributed by atoms with van der Waals surface area (Å²) < 4.78 is 0. The Morgan fingerprint density at radius 2 is 2.09 bits per heavy atom. The molecule has 8 nitrogen and oxygen atoms in total. The van der Waals surface area contributed by atoms with E-state index in [0.717, 1.165) is 60.6 Å². The van der Waals surface area contributed by atoms with Crippen LogP contribution in [0.4, 0.5) is 5.13 Å². The van der Waals surface area contributed by atoms with Gasteiger partial charge in [0.15, 0.2) is 5.13 Å². The number of anilines is 1. The van der Waals surface area contributed by atoms with Gasteiger partial charge in [-0.1, -0.05) is 42.9 Å². The van der Waals surface area contributed by atoms with Gasteiger partial charge in [0, 0.05) is 56.2 Å². The number of hydrogen-bond donors (Lipinski definition) is 3. The van der Waals surface area contributed by atoms with Gasteiger partial charge in [0.05, 0.1) is 12.2 Å². The number of aromatic nitrogens is 2. The number of H-pyrrole nitrogens is 1. The van der Waals surface area contributed by atoms with E-state index >= 15 is 0 Å². The normalized spacial score (nSPS) is 16.3. The van der Waals surface area contributed by atoms with Crippen LogP contribution in [-0.4, -0.2) is 72.4 Å². The summed E-state index contributed by atoms with van der Waals surface area (Å²) in [6.45, 7) is 6.63. The van der Waals surface area contributed by atoms with Gasteiger partial charge in [-0.3, -0.25) is 9.79 Å². The van der Waals surface area contributed by atoms with E-state index in [0.29, 0.717) is 23.7 Å². The molecule has 1 aromatic carbocycles. The van der Waals surface area contributed by atoms with Gasteiger partial charge in [-0.15, -0.1) is 0 Å². The third-order valence-electron chi connectivity index (χ3n) is 6.06. The SMILES string of the molecule is CCCCN=C(N)C(Cc1c[nH]c2ccccc12)NC(=O)c1cnc(N2CCN(C)CC2)s1. The number of piperazine rings is 1. The van der Waals surface area contributed by atoms with Crippen molar-refractivity contribution in [3.8, 4) is 0 Å². The van der Waals surface area contributed by atoms with Gasteiger partial charge in [0.25, 0.3) is 5.91 Å². The van der Waals surface area contributed by atoms with E-state index < -0.39 is 0 Å². The highest BCUT2D eigenvalue weighted by Crippen LogP contribution is 2.24. The maximum atomic E-state index is 13.1. The number of nitrogens with one attached hydrogen (secondary N) is 2. The highest BCUT2D eigenvalue weighted by molar-refractivity contribution is 7.17. The van der Waals surface area contributed by atoms with Gasteiger partial charge in [-0.2, -0.15) is 0 Å². The maximum Gasteiger partial charge on any atom is 0.263 e. The molecule has 1 amide bonds. The number of aliphatic imine (C=N–C) groups is 1. The van der Waals surface area contributed by atoms with E-state index in [4.69, 9.17) is 5.73 Å². The molecule has 1 saturated heterocycles. The lowest BCUT2D eigenvalue weighted by molar-refractivity contribution is 0.0950. The first kappa shape index (κ1) is 23.3. The predicted molar refractivity (Wildman–Crippen MR) is 136 cm³/mol. The minimum Gasteiger partial charge on any atom is -0.386 e. The van der Waals surface area contributed by atoms with Crippen molar-refractivity contribution >= 4 is 39.1 Å². The fourth-order valence-electron chi connectivity index (χ4n) is 3.97. The molecule has 4 N–H and O–H groups in total. The molecule has 1 unspecified atom stereocenters. The summed E-state index contributed by atoms with van der Waals surface area (Å²) in [7, 11) is 2.12. The fraction of sp³-hybridized carbons (Fsp3) is 0.458. The Bertz CT molecular complexity index is 1100. The number of carbonyl (C=O) groups is 1. The number of unbranched alkanes of at least 4 members (excludes halogenated alkanes) is 1. The zero-order chi connectivity index (χ0) is 23.2. The smallest absolute Gasteiger partial charge is 0.263 e. The van der Waals surface area contributed by atoms with Crippen LogP contribution in [-0.2, 0) is 6.42 Å². The van der Waals surface area contributed by atoms with Crippen LogP contribution < -0.4 is 16.0 Å². The molecule has 0 spiro atoms. The molecular weight excluding hydrogens is 434 g/mol. The Hall–Kier alpha value is -2.91. The van der Waals surface area contributed by atoms with Crippen molar-refractivity contribution < 1.29 is 4.79 Å². The number of likely N-dealkylation sites (N-methyl/N-ethyl adjacent to an activating group) is 1. The number of thiazole rings is 1. The van der Waals surface area contributed by atoms with E-state index in [2.05, 4.69) is 50.1 Å². The lowest BCUT2D eigenvalue weighted by atomic mass is 10.0. The summed E-state index contributed by atoms with van der Waals surface area (Å²) in [5.41, 5.74) is 8.55. The Kier molecular flexibility index (Phi) is 7.61. The highest BCUT2D eigenvalue weighted by atomic mass is 32.1. The molecule has 3 aromatic rings. The number of rotatable bonds is 9. The molecule has 0 saturated carbocycles. The molecule has 176 valence electrons. The molecule has 3 heterocycles. The second-order valence-corrected chi connectivity index (χ2v) is 9.56. The largest absolute Gasteiger partial charge is 0.386 e. The summed E-state index contributed by atoms with van der Waals surface area (Å²) in [5, 5.41) is 5.15. The van der Waals surface area contributed by atoms with Crippen molar-refractivity contribution in [3.05, 3.63) is 47.1 Å². The monoisotopic (exact) mass is 467 g/mol. The number of fused-ring (bicyclic) bond motifs is 1. The number of aromatic amines is 1. The third-order valence-corrected chi connectivity index (χ3v) is 7.12. The van der Waals surface area contributed by atoms with Crippen molar-refractivity contribution in [1.29, 1.82) is 0 Å². The number of para-hydroxylation sites is 1. The van der Waals surface area contributed by atoms with Gasteiger partial charge in [-0.25, -0.2) is 4.98 Å². The first-order valence-electron chi connectivity index (χ1n) is 11.6. The van der Waals surface area contributed by atoms with Crippen LogP contribution in [0, 0.1) is 0 Å². The van der Waals surface area contributed by atoms with E-state index in [-0.39, 0.29) is 11.9 Å². The number of amides is 1. The molecule has 1 fully saturated rings. The molecule has 1 aliphatic rings. The zero-order valence-electron chi connectivity index (χ0n) is 19.4. The maximum absolute atomic E-state index is 13.1. The summed E-state index contributed by atoms with van der Waals surface area (Å²) in [6.07, 6.45) is 6.24. The zero-order valence-corrected chi connectivity index (χ0v) is 20.2. The first-order chi connectivity index (χ1) is 16.0. The number of hydrogen-bond acceptors (Lipinski definition) is 6. The Balaban J connectivity index is 1.49. The third kappa shape index (κ3) is 5.72. The topological polar surface area (TPSA) is 103 Å². The van der Waals surface area contributed by atoms with E-state index in [9.17, 15) is 4.79 Å². The van der Waals surface area contributed by atoms with Gasteiger partial charge >= 0.3 is 0 Å². The van der Waals surface area contributed by atoms with Gasteiger partial charge in [0.1, 0.15) is 10.7 Å². The molecule has 9 heteroatoms. The molecular formula is C24H33N7OS. The van der Waals surface area contributed by atoms with Crippen LogP contribution in [0.3, 0.4) is 0 Å². The predicted octanol–water partition coefficient (Wildman–Crippen LogP) is 2.87. The Labute approximate surface area is 198 Å². The number of benzene rings is 1. The number of nitrogens with two attached hydrogens (primary N) is 1. The minimum absolute atomic E-state index is 0.161. The Morgan fingerprint density at radius 3 is 2.88 bits per heavy atom. The molecule has 1 aliphatic heterocycles. The molecule has 1 atom stereocenters. The molecule has 2 aromatic heterocycles. The standard InChI is InChI=1S/C24H33N7OS/c1-3-4-9-26-22(25)20(14-17-15-27-19-8-6-5-7-18(17)19)29-23(32)21-16-28-24(33-21)31-12-10-30(2)11-13-31/h5-8,15-16,20,27H,3-4,9-14H2,1-2H3,(H2,25,26)(H,29,32). The van der Waals surface area contributed by atoms with Crippen molar-refractivity contribution in [2.45, 2.75) is 32.2 Å². The summed E-state index contributed by atoms with van der Waals surface area (Å²) in [5.74, 6) is 0.303. The number of nitrogens with zero attached hydrogens (tertiary/aromatic N) is 4. The molecule has 0 bridgehead atoms. The van der Waals surface area contributed by atoms with E-state index in [1.165, 1.54) is 11.3 Å². The lowest BCUT2D eigenvalue weighted by Crippen LogP contribution is -2.46. The molecule has 0 radical (unpaired) electrons. The van der Waals surface area contributed by atoms with Gasteiger partial charge in [-0.05, 0) is 25.1 Å². The Morgan fingerprint density at radius 1 is 1.30 bits per heavy atom.